The lowest BCUT2D eigenvalue weighted by Gasteiger charge is -2.30. The predicted octanol–water partition coefficient (Wildman–Crippen LogP) is 3.98. The number of fused-ring (bicyclic) bond motifs is 2. The van der Waals surface area contributed by atoms with E-state index in [4.69, 9.17) is 11.6 Å². The molecule has 4 atom stereocenters. The molecule has 2 rings (SSSR count). The third kappa shape index (κ3) is 1.59. The Balaban J connectivity index is 2.15. The van der Waals surface area contributed by atoms with Gasteiger partial charge in [-0.3, -0.25) is 0 Å². The molecule has 0 N–H and O–H groups in total. The van der Waals surface area contributed by atoms with Crippen molar-refractivity contribution in [3.05, 3.63) is 0 Å². The van der Waals surface area contributed by atoms with Gasteiger partial charge in [0.25, 0.3) is 0 Å². The molecular formula is C11H21ClSi. The van der Waals surface area contributed by atoms with Crippen molar-refractivity contribution in [2.75, 3.05) is 5.88 Å². The van der Waals surface area contributed by atoms with Crippen molar-refractivity contribution in [3.63, 3.8) is 0 Å². The molecule has 2 saturated carbocycles. The van der Waals surface area contributed by atoms with E-state index in [-0.39, 0.29) is 0 Å². The van der Waals surface area contributed by atoms with Gasteiger partial charge in [-0.1, -0.05) is 26.1 Å². The first-order valence-electron chi connectivity index (χ1n) is 5.60. The third-order valence-electron chi connectivity index (χ3n) is 4.25. The molecule has 0 saturated heterocycles. The van der Waals surface area contributed by atoms with Gasteiger partial charge in [-0.2, -0.15) is 0 Å². The standard InChI is InChI=1S/C11H21ClSi/c1-13(2,3)11-8-4-5-10(11)9(6-8)7-12/h8-11H,4-7H2,1-3H3. The Labute approximate surface area is 88.1 Å². The summed E-state index contributed by atoms with van der Waals surface area (Å²) in [6.45, 7) is 7.62. The van der Waals surface area contributed by atoms with Crippen molar-refractivity contribution < 1.29 is 0 Å². The Bertz CT molecular complexity index is 197. The van der Waals surface area contributed by atoms with Crippen molar-refractivity contribution in [2.24, 2.45) is 17.8 Å². The zero-order chi connectivity index (χ0) is 9.64. The summed E-state index contributed by atoms with van der Waals surface area (Å²) in [6, 6.07) is 0. The number of rotatable bonds is 2. The van der Waals surface area contributed by atoms with Crippen LogP contribution in [0.5, 0.6) is 0 Å². The lowest BCUT2D eigenvalue weighted by atomic mass is 9.90. The molecular weight excluding hydrogens is 196 g/mol. The summed E-state index contributed by atoms with van der Waals surface area (Å²) in [7, 11) is -0.905. The molecule has 0 aromatic carbocycles. The third-order valence-corrected chi connectivity index (χ3v) is 7.55. The molecule has 0 radical (unpaired) electrons. The number of halogens is 1. The van der Waals surface area contributed by atoms with Gasteiger partial charge >= 0.3 is 0 Å². The molecule has 2 bridgehead atoms. The minimum absolute atomic E-state index is 0.872. The summed E-state index contributed by atoms with van der Waals surface area (Å²) in [5, 5.41) is 0. The summed E-state index contributed by atoms with van der Waals surface area (Å²) in [4.78, 5) is 0. The van der Waals surface area contributed by atoms with Crippen LogP contribution in [0.4, 0.5) is 0 Å². The molecule has 4 unspecified atom stereocenters. The van der Waals surface area contributed by atoms with Crippen LogP contribution in [0.2, 0.25) is 25.2 Å². The average Bonchev–Trinajstić information content (AvgIpc) is 2.57. The fraction of sp³-hybridized carbons (Fsp3) is 1.00. The predicted molar refractivity (Wildman–Crippen MR) is 62.1 cm³/mol. The van der Waals surface area contributed by atoms with Gasteiger partial charge < -0.3 is 0 Å². The van der Waals surface area contributed by atoms with Crippen LogP contribution in [0, 0.1) is 17.8 Å². The summed E-state index contributed by atoms with van der Waals surface area (Å²) < 4.78 is 0. The molecule has 0 aromatic heterocycles. The fourth-order valence-corrected chi connectivity index (χ4v) is 7.79. The van der Waals surface area contributed by atoms with E-state index in [2.05, 4.69) is 19.6 Å². The van der Waals surface area contributed by atoms with Gasteiger partial charge in [0, 0.05) is 14.0 Å². The molecule has 0 nitrogen and oxygen atoms in total. The molecule has 0 amide bonds. The van der Waals surface area contributed by atoms with Gasteiger partial charge in [-0.25, -0.2) is 0 Å². The molecule has 13 heavy (non-hydrogen) atoms. The molecule has 76 valence electrons. The SMILES string of the molecule is C[Si](C)(C)C1C2CCC1C(CCl)C2. The smallest absolute Gasteiger partial charge is 0.0479 e. The second-order valence-corrected chi connectivity index (χ2v) is 11.8. The van der Waals surface area contributed by atoms with E-state index in [0.29, 0.717) is 0 Å². The quantitative estimate of drug-likeness (QED) is 0.484. The van der Waals surface area contributed by atoms with Crippen LogP contribution < -0.4 is 0 Å². The van der Waals surface area contributed by atoms with E-state index in [9.17, 15) is 0 Å². The number of hydrogen-bond acceptors (Lipinski definition) is 0. The van der Waals surface area contributed by atoms with E-state index in [1.54, 1.807) is 0 Å². The molecule has 2 aliphatic carbocycles. The second kappa shape index (κ2) is 3.27. The maximum absolute atomic E-state index is 6.03. The lowest BCUT2D eigenvalue weighted by Crippen LogP contribution is -2.31. The number of alkyl halides is 1. The normalized spacial score (nSPS) is 44.3. The summed E-state index contributed by atoms with van der Waals surface area (Å²) in [5.74, 6) is 3.86. The van der Waals surface area contributed by atoms with E-state index in [0.717, 1.165) is 29.2 Å². The van der Waals surface area contributed by atoms with Crippen LogP contribution in [-0.2, 0) is 0 Å². The molecule has 0 aliphatic heterocycles. The highest BCUT2D eigenvalue weighted by Crippen LogP contribution is 2.60. The molecule has 0 spiro atoms. The first-order chi connectivity index (χ1) is 6.04. The van der Waals surface area contributed by atoms with Crippen LogP contribution >= 0.6 is 11.6 Å². The van der Waals surface area contributed by atoms with E-state index in [1.165, 1.54) is 19.3 Å². The van der Waals surface area contributed by atoms with Gasteiger partial charge in [0.1, 0.15) is 0 Å². The minimum Gasteiger partial charge on any atom is -0.126 e. The van der Waals surface area contributed by atoms with Crippen molar-refractivity contribution in [3.8, 4) is 0 Å². The first kappa shape index (κ1) is 10.0. The lowest BCUT2D eigenvalue weighted by molar-refractivity contribution is 0.363. The van der Waals surface area contributed by atoms with Crippen LogP contribution in [0.3, 0.4) is 0 Å². The highest BCUT2D eigenvalue weighted by atomic mass is 35.5. The maximum Gasteiger partial charge on any atom is 0.0479 e. The first-order valence-corrected chi connectivity index (χ1v) is 9.71. The Morgan fingerprint density at radius 3 is 2.31 bits per heavy atom. The van der Waals surface area contributed by atoms with Gasteiger partial charge in [-0.15, -0.1) is 11.6 Å². The summed E-state index contributed by atoms with van der Waals surface area (Å²) in [6.07, 6.45) is 4.44. The van der Waals surface area contributed by atoms with Crippen molar-refractivity contribution in [1.29, 1.82) is 0 Å². The Kier molecular flexibility index (Phi) is 2.52. The molecule has 0 heterocycles. The van der Waals surface area contributed by atoms with Crippen molar-refractivity contribution >= 4 is 19.7 Å². The Hall–Kier alpha value is 0.507. The fourth-order valence-electron chi connectivity index (χ4n) is 4.00. The Morgan fingerprint density at radius 2 is 1.92 bits per heavy atom. The second-order valence-electron chi connectivity index (χ2n) is 6.04. The van der Waals surface area contributed by atoms with E-state index < -0.39 is 8.07 Å². The molecule has 2 heteroatoms. The Morgan fingerprint density at radius 1 is 1.23 bits per heavy atom. The largest absolute Gasteiger partial charge is 0.126 e. The van der Waals surface area contributed by atoms with Crippen LogP contribution in [0.15, 0.2) is 0 Å². The molecule has 2 aliphatic rings. The summed E-state index contributed by atoms with van der Waals surface area (Å²) >= 11 is 6.03. The number of hydrogen-bond donors (Lipinski definition) is 0. The summed E-state index contributed by atoms with van der Waals surface area (Å²) in [5.41, 5.74) is 1.09. The minimum atomic E-state index is -0.905. The van der Waals surface area contributed by atoms with Crippen molar-refractivity contribution in [1.82, 2.24) is 0 Å². The average molecular weight is 217 g/mol. The highest BCUT2D eigenvalue weighted by molar-refractivity contribution is 6.77. The van der Waals surface area contributed by atoms with Crippen LogP contribution in [0.25, 0.3) is 0 Å². The molecule has 2 fully saturated rings. The van der Waals surface area contributed by atoms with Gasteiger partial charge in [0.05, 0.1) is 0 Å². The van der Waals surface area contributed by atoms with Crippen LogP contribution in [-0.4, -0.2) is 14.0 Å². The topological polar surface area (TPSA) is 0 Å². The van der Waals surface area contributed by atoms with E-state index >= 15 is 0 Å². The highest BCUT2D eigenvalue weighted by Gasteiger charge is 2.52. The van der Waals surface area contributed by atoms with Gasteiger partial charge in [0.15, 0.2) is 0 Å². The zero-order valence-corrected chi connectivity index (χ0v) is 10.8. The maximum atomic E-state index is 6.03. The monoisotopic (exact) mass is 216 g/mol. The van der Waals surface area contributed by atoms with Gasteiger partial charge in [0.2, 0.25) is 0 Å². The van der Waals surface area contributed by atoms with Crippen molar-refractivity contribution in [2.45, 2.75) is 44.4 Å². The zero-order valence-electron chi connectivity index (χ0n) is 9.02. The van der Waals surface area contributed by atoms with Crippen LogP contribution in [0.1, 0.15) is 19.3 Å². The van der Waals surface area contributed by atoms with E-state index in [1.807, 2.05) is 0 Å². The molecule has 0 aromatic rings. The van der Waals surface area contributed by atoms with Gasteiger partial charge in [-0.05, 0) is 36.1 Å².